The van der Waals surface area contributed by atoms with E-state index in [1.54, 1.807) is 0 Å². The molecule has 1 aromatic carbocycles. The van der Waals surface area contributed by atoms with Gasteiger partial charge in [-0.25, -0.2) is 0 Å². The fourth-order valence-corrected chi connectivity index (χ4v) is 5.10. The molecule has 1 nitrogen and oxygen atoms in total. The number of ether oxygens (including phenoxy) is 1. The van der Waals surface area contributed by atoms with Crippen LogP contribution in [0.5, 0.6) is 0 Å². The monoisotopic (exact) mass is 255 g/mol. The molecule has 5 rings (SSSR count). The van der Waals surface area contributed by atoms with Gasteiger partial charge in [-0.3, -0.25) is 0 Å². The second-order valence-electron chi connectivity index (χ2n) is 7.07. The maximum absolute atomic E-state index is 6.32. The summed E-state index contributed by atoms with van der Waals surface area (Å²) in [5, 5.41) is 0. The Hall–Kier alpha value is -0.820. The standard InChI is InChI=1S/C18H23O/c1-2-4-14(5-3-1)6-7-19-18-11-15-8-16(12-18)10-17(9-15)13-18/h1-5,7,15-17H,6,8-13H2. The highest BCUT2D eigenvalue weighted by Crippen LogP contribution is 2.57. The van der Waals surface area contributed by atoms with Crippen molar-refractivity contribution in [1.82, 2.24) is 0 Å². The minimum absolute atomic E-state index is 0.226. The quantitative estimate of drug-likeness (QED) is 0.776. The van der Waals surface area contributed by atoms with E-state index in [-0.39, 0.29) is 5.60 Å². The van der Waals surface area contributed by atoms with Gasteiger partial charge in [-0.15, -0.1) is 0 Å². The molecule has 0 heterocycles. The zero-order chi connectivity index (χ0) is 12.7. The maximum atomic E-state index is 6.32. The molecule has 0 saturated heterocycles. The van der Waals surface area contributed by atoms with Crippen LogP contribution in [0.25, 0.3) is 0 Å². The van der Waals surface area contributed by atoms with Gasteiger partial charge >= 0.3 is 0 Å². The first kappa shape index (κ1) is 12.0. The van der Waals surface area contributed by atoms with Crippen molar-refractivity contribution in [3.63, 3.8) is 0 Å². The average molecular weight is 255 g/mol. The lowest BCUT2D eigenvalue weighted by atomic mass is 9.54. The van der Waals surface area contributed by atoms with E-state index in [0.717, 1.165) is 24.2 Å². The molecule has 4 fully saturated rings. The van der Waals surface area contributed by atoms with Crippen LogP contribution in [0.2, 0.25) is 0 Å². The van der Waals surface area contributed by atoms with Crippen molar-refractivity contribution in [1.29, 1.82) is 0 Å². The first-order valence-electron chi connectivity index (χ1n) is 7.85. The van der Waals surface area contributed by atoms with Crippen LogP contribution in [-0.2, 0) is 11.2 Å². The van der Waals surface area contributed by atoms with Crippen LogP contribution < -0.4 is 0 Å². The van der Waals surface area contributed by atoms with Crippen molar-refractivity contribution in [2.75, 3.05) is 0 Å². The molecule has 0 spiro atoms. The van der Waals surface area contributed by atoms with Crippen LogP contribution in [0.15, 0.2) is 30.3 Å². The van der Waals surface area contributed by atoms with Gasteiger partial charge in [0.05, 0.1) is 12.2 Å². The highest BCUT2D eigenvalue weighted by Gasteiger charge is 2.51. The summed E-state index contributed by atoms with van der Waals surface area (Å²) in [5.41, 5.74) is 1.58. The zero-order valence-corrected chi connectivity index (χ0v) is 11.6. The fourth-order valence-electron chi connectivity index (χ4n) is 5.10. The summed E-state index contributed by atoms with van der Waals surface area (Å²) in [7, 11) is 0. The topological polar surface area (TPSA) is 9.23 Å². The molecule has 0 amide bonds. The van der Waals surface area contributed by atoms with E-state index in [0.29, 0.717) is 0 Å². The summed E-state index contributed by atoms with van der Waals surface area (Å²) >= 11 is 0. The molecule has 0 N–H and O–H groups in total. The largest absolute Gasteiger partial charge is 0.369 e. The van der Waals surface area contributed by atoms with E-state index >= 15 is 0 Å². The molecular formula is C18H23O. The van der Waals surface area contributed by atoms with Gasteiger partial charge in [0, 0.05) is 6.42 Å². The van der Waals surface area contributed by atoms with Crippen molar-refractivity contribution in [2.24, 2.45) is 17.8 Å². The molecule has 0 aliphatic heterocycles. The minimum Gasteiger partial charge on any atom is -0.369 e. The van der Waals surface area contributed by atoms with Gasteiger partial charge in [-0.05, 0) is 61.8 Å². The Bertz CT molecular complexity index is 401. The Morgan fingerprint density at radius 1 is 0.947 bits per heavy atom. The number of benzene rings is 1. The Balaban J connectivity index is 1.38. The normalized spacial score (nSPS) is 39.7. The van der Waals surface area contributed by atoms with E-state index < -0.39 is 0 Å². The van der Waals surface area contributed by atoms with Gasteiger partial charge in [0.25, 0.3) is 0 Å². The van der Waals surface area contributed by atoms with Crippen LogP contribution >= 0.6 is 0 Å². The first-order valence-corrected chi connectivity index (χ1v) is 7.85. The summed E-state index contributed by atoms with van der Waals surface area (Å²) in [4.78, 5) is 0. The van der Waals surface area contributed by atoms with E-state index in [9.17, 15) is 0 Å². The fraction of sp³-hybridized carbons (Fsp3) is 0.611. The lowest BCUT2D eigenvalue weighted by Crippen LogP contribution is -2.51. The molecule has 19 heavy (non-hydrogen) atoms. The van der Waals surface area contributed by atoms with Crippen LogP contribution in [-0.4, -0.2) is 5.60 Å². The second-order valence-corrected chi connectivity index (χ2v) is 7.07. The molecule has 1 heteroatoms. The summed E-state index contributed by atoms with van der Waals surface area (Å²) in [5.74, 6) is 2.91. The number of rotatable bonds is 4. The Morgan fingerprint density at radius 3 is 2.11 bits per heavy atom. The second kappa shape index (κ2) is 4.63. The highest BCUT2D eigenvalue weighted by molar-refractivity contribution is 5.16. The van der Waals surface area contributed by atoms with Gasteiger partial charge in [-0.1, -0.05) is 30.3 Å². The third-order valence-electron chi connectivity index (χ3n) is 5.48. The predicted octanol–water partition coefficient (Wildman–Crippen LogP) is 4.38. The summed E-state index contributed by atoms with van der Waals surface area (Å²) in [6.45, 7) is 2.09. The summed E-state index contributed by atoms with van der Waals surface area (Å²) < 4.78 is 6.32. The first-order chi connectivity index (χ1) is 9.31. The van der Waals surface area contributed by atoms with Gasteiger partial charge in [0.2, 0.25) is 0 Å². The van der Waals surface area contributed by atoms with Gasteiger partial charge in [0.15, 0.2) is 0 Å². The van der Waals surface area contributed by atoms with E-state index in [1.807, 2.05) is 0 Å². The van der Waals surface area contributed by atoms with Crippen LogP contribution in [0, 0.1) is 24.4 Å². The van der Waals surface area contributed by atoms with Gasteiger partial charge in [0.1, 0.15) is 0 Å². The molecule has 0 atom stereocenters. The lowest BCUT2D eigenvalue weighted by Gasteiger charge is -2.56. The third kappa shape index (κ3) is 2.33. The van der Waals surface area contributed by atoms with Crippen LogP contribution in [0.3, 0.4) is 0 Å². The molecule has 1 aromatic rings. The lowest BCUT2D eigenvalue weighted by molar-refractivity contribution is -0.143. The molecular weight excluding hydrogens is 232 g/mol. The molecule has 4 bridgehead atoms. The van der Waals surface area contributed by atoms with Crippen molar-refractivity contribution >= 4 is 0 Å². The predicted molar refractivity (Wildman–Crippen MR) is 76.4 cm³/mol. The van der Waals surface area contributed by atoms with E-state index in [1.165, 1.54) is 44.1 Å². The third-order valence-corrected chi connectivity index (χ3v) is 5.48. The minimum atomic E-state index is 0.226. The van der Waals surface area contributed by atoms with Crippen molar-refractivity contribution in [3.05, 3.63) is 42.5 Å². The number of hydrogen-bond acceptors (Lipinski definition) is 1. The maximum Gasteiger partial charge on any atom is 0.0887 e. The summed E-state index contributed by atoms with van der Waals surface area (Å²) in [6, 6.07) is 10.6. The van der Waals surface area contributed by atoms with E-state index in [2.05, 4.69) is 36.9 Å². The molecule has 4 aliphatic carbocycles. The SMILES string of the molecule is [CH](Cc1ccccc1)OC12CC3CC(CC(C3)C1)C2. The van der Waals surface area contributed by atoms with Crippen LogP contribution in [0.4, 0.5) is 0 Å². The Morgan fingerprint density at radius 2 is 1.53 bits per heavy atom. The molecule has 1 radical (unpaired) electrons. The molecule has 0 unspecified atom stereocenters. The zero-order valence-electron chi connectivity index (χ0n) is 11.6. The van der Waals surface area contributed by atoms with Gasteiger partial charge in [-0.2, -0.15) is 0 Å². The molecule has 4 saturated carbocycles. The Kier molecular flexibility index (Phi) is 2.91. The summed E-state index contributed by atoms with van der Waals surface area (Å²) in [6.07, 6.45) is 9.38. The molecule has 0 aromatic heterocycles. The average Bonchev–Trinajstić information content (AvgIpc) is 2.38. The Labute approximate surface area is 116 Å². The number of hydrogen-bond donors (Lipinski definition) is 0. The van der Waals surface area contributed by atoms with Crippen molar-refractivity contribution < 1.29 is 4.74 Å². The highest BCUT2D eigenvalue weighted by atomic mass is 16.5. The van der Waals surface area contributed by atoms with Crippen molar-refractivity contribution in [3.8, 4) is 0 Å². The van der Waals surface area contributed by atoms with Crippen LogP contribution in [0.1, 0.15) is 44.1 Å². The van der Waals surface area contributed by atoms with Gasteiger partial charge < -0.3 is 4.74 Å². The molecule has 4 aliphatic rings. The molecule has 101 valence electrons. The van der Waals surface area contributed by atoms with Crippen molar-refractivity contribution in [2.45, 2.75) is 50.5 Å². The smallest absolute Gasteiger partial charge is 0.0887 e. The van der Waals surface area contributed by atoms with E-state index in [4.69, 9.17) is 4.74 Å².